The Morgan fingerprint density at radius 1 is 1.35 bits per heavy atom. The highest BCUT2D eigenvalue weighted by Crippen LogP contribution is 2.31. The molecule has 0 aromatic heterocycles. The molecule has 0 radical (unpaired) electrons. The Bertz CT molecular complexity index is 252. The third-order valence-corrected chi connectivity index (χ3v) is 4.26. The van der Waals surface area contributed by atoms with Crippen LogP contribution >= 0.6 is 11.8 Å². The Labute approximate surface area is 104 Å². The highest BCUT2D eigenvalue weighted by atomic mass is 32.2. The summed E-state index contributed by atoms with van der Waals surface area (Å²) in [5.74, 6) is -0.516. The summed E-state index contributed by atoms with van der Waals surface area (Å²) >= 11 is 1.50. The van der Waals surface area contributed by atoms with E-state index < -0.39 is 23.9 Å². The Morgan fingerprint density at radius 3 is 2.47 bits per heavy atom. The van der Waals surface area contributed by atoms with E-state index in [1.54, 1.807) is 6.92 Å². The second kappa shape index (κ2) is 6.52. The number of carbonyl (C=O) groups is 1. The number of halogens is 3. The monoisotopic (exact) mass is 269 g/mol. The van der Waals surface area contributed by atoms with Gasteiger partial charge in [0.2, 0.25) is 5.91 Å². The zero-order valence-electron chi connectivity index (χ0n) is 9.85. The van der Waals surface area contributed by atoms with Gasteiger partial charge < -0.3 is 5.32 Å². The first-order valence-electron chi connectivity index (χ1n) is 5.88. The van der Waals surface area contributed by atoms with Crippen LogP contribution in [0.5, 0.6) is 0 Å². The average molecular weight is 269 g/mol. The molecule has 1 atom stereocenters. The van der Waals surface area contributed by atoms with Crippen LogP contribution < -0.4 is 5.32 Å². The Kier molecular flexibility index (Phi) is 5.62. The molecule has 6 heteroatoms. The zero-order chi connectivity index (χ0) is 12.9. The SMILES string of the molecule is CC(SC1CCCCC1)C(=O)NCC(F)(F)F. The third kappa shape index (κ3) is 6.19. The van der Waals surface area contributed by atoms with Crippen molar-refractivity contribution in [2.24, 2.45) is 0 Å². The van der Waals surface area contributed by atoms with Crippen LogP contribution in [0.1, 0.15) is 39.0 Å². The van der Waals surface area contributed by atoms with Gasteiger partial charge in [0.25, 0.3) is 0 Å². The normalized spacial score (nSPS) is 20.0. The number of amides is 1. The lowest BCUT2D eigenvalue weighted by atomic mass is 10.0. The molecule has 0 aromatic rings. The van der Waals surface area contributed by atoms with Crippen molar-refractivity contribution in [3.63, 3.8) is 0 Å². The Hall–Kier alpha value is -0.390. The fourth-order valence-corrected chi connectivity index (χ4v) is 3.27. The van der Waals surface area contributed by atoms with Crippen molar-refractivity contribution in [2.75, 3.05) is 6.54 Å². The van der Waals surface area contributed by atoms with Gasteiger partial charge in [-0.05, 0) is 19.8 Å². The summed E-state index contributed by atoms with van der Waals surface area (Å²) < 4.78 is 35.7. The fraction of sp³-hybridized carbons (Fsp3) is 0.909. The van der Waals surface area contributed by atoms with Crippen molar-refractivity contribution in [1.29, 1.82) is 0 Å². The van der Waals surface area contributed by atoms with E-state index in [2.05, 4.69) is 0 Å². The maximum absolute atomic E-state index is 11.9. The van der Waals surface area contributed by atoms with E-state index in [9.17, 15) is 18.0 Å². The van der Waals surface area contributed by atoms with Crippen molar-refractivity contribution < 1.29 is 18.0 Å². The first-order valence-corrected chi connectivity index (χ1v) is 6.82. The van der Waals surface area contributed by atoms with Gasteiger partial charge in [0.05, 0.1) is 5.25 Å². The van der Waals surface area contributed by atoms with E-state index >= 15 is 0 Å². The minimum absolute atomic E-state index is 0.402. The highest BCUT2D eigenvalue weighted by molar-refractivity contribution is 8.01. The van der Waals surface area contributed by atoms with Crippen molar-refractivity contribution in [1.82, 2.24) is 5.32 Å². The number of rotatable bonds is 4. The topological polar surface area (TPSA) is 29.1 Å². The molecule has 2 nitrogen and oxygen atoms in total. The molecule has 0 bridgehead atoms. The molecule has 0 saturated heterocycles. The number of thioether (sulfide) groups is 1. The van der Waals surface area contributed by atoms with Gasteiger partial charge in [-0.15, -0.1) is 11.8 Å². The molecular weight excluding hydrogens is 251 g/mol. The van der Waals surface area contributed by atoms with Crippen molar-refractivity contribution in [3.05, 3.63) is 0 Å². The van der Waals surface area contributed by atoms with Gasteiger partial charge in [0.15, 0.2) is 0 Å². The molecule has 0 spiro atoms. The van der Waals surface area contributed by atoms with E-state index in [-0.39, 0.29) is 0 Å². The van der Waals surface area contributed by atoms with E-state index in [1.165, 1.54) is 18.2 Å². The smallest absolute Gasteiger partial charge is 0.346 e. The van der Waals surface area contributed by atoms with Gasteiger partial charge in [-0.2, -0.15) is 13.2 Å². The van der Waals surface area contributed by atoms with E-state index in [0.29, 0.717) is 5.25 Å². The molecule has 1 aliphatic rings. The number of hydrogen-bond donors (Lipinski definition) is 1. The summed E-state index contributed by atoms with van der Waals surface area (Å²) in [4.78, 5) is 11.4. The molecule has 100 valence electrons. The molecule has 1 rings (SSSR count). The lowest BCUT2D eigenvalue weighted by Gasteiger charge is -2.24. The number of alkyl halides is 3. The predicted octanol–water partition coefficient (Wildman–Crippen LogP) is 3.12. The molecule has 17 heavy (non-hydrogen) atoms. The second-order valence-corrected chi connectivity index (χ2v) is 6.02. The molecule has 1 amide bonds. The molecule has 1 unspecified atom stereocenters. The molecular formula is C11H18F3NOS. The van der Waals surface area contributed by atoms with Crippen LogP contribution in [0, 0.1) is 0 Å². The molecule has 1 aliphatic carbocycles. The number of carbonyl (C=O) groups excluding carboxylic acids is 1. The first kappa shape index (κ1) is 14.7. The maximum atomic E-state index is 11.9. The largest absolute Gasteiger partial charge is 0.405 e. The van der Waals surface area contributed by atoms with Crippen LogP contribution in [0.2, 0.25) is 0 Å². The molecule has 0 heterocycles. The zero-order valence-corrected chi connectivity index (χ0v) is 10.7. The van der Waals surface area contributed by atoms with Gasteiger partial charge in [-0.3, -0.25) is 4.79 Å². The van der Waals surface area contributed by atoms with Gasteiger partial charge in [0, 0.05) is 5.25 Å². The van der Waals surface area contributed by atoms with Crippen LogP contribution in [0.15, 0.2) is 0 Å². The predicted molar refractivity (Wildman–Crippen MR) is 63.0 cm³/mol. The van der Waals surface area contributed by atoms with E-state index in [0.717, 1.165) is 25.7 Å². The third-order valence-electron chi connectivity index (χ3n) is 2.78. The minimum Gasteiger partial charge on any atom is -0.346 e. The average Bonchev–Trinajstić information content (AvgIpc) is 2.26. The minimum atomic E-state index is -4.33. The summed E-state index contributed by atoms with van der Waals surface area (Å²) in [5.41, 5.74) is 0. The fourth-order valence-electron chi connectivity index (χ4n) is 1.88. The lowest BCUT2D eigenvalue weighted by molar-refractivity contribution is -0.137. The van der Waals surface area contributed by atoms with E-state index in [4.69, 9.17) is 0 Å². The van der Waals surface area contributed by atoms with Crippen LogP contribution in [-0.4, -0.2) is 29.1 Å². The first-order chi connectivity index (χ1) is 7.88. The quantitative estimate of drug-likeness (QED) is 0.849. The number of hydrogen-bond acceptors (Lipinski definition) is 2. The Morgan fingerprint density at radius 2 is 1.94 bits per heavy atom. The van der Waals surface area contributed by atoms with Crippen LogP contribution in [0.3, 0.4) is 0 Å². The van der Waals surface area contributed by atoms with Crippen molar-refractivity contribution >= 4 is 17.7 Å². The van der Waals surface area contributed by atoms with E-state index in [1.807, 2.05) is 5.32 Å². The summed E-state index contributed by atoms with van der Waals surface area (Å²) in [6, 6.07) is 0. The molecule has 1 saturated carbocycles. The number of nitrogens with one attached hydrogen (secondary N) is 1. The Balaban J connectivity index is 2.26. The van der Waals surface area contributed by atoms with Gasteiger partial charge in [-0.25, -0.2) is 0 Å². The van der Waals surface area contributed by atoms with Crippen LogP contribution in [-0.2, 0) is 4.79 Å². The molecule has 1 N–H and O–H groups in total. The van der Waals surface area contributed by atoms with Gasteiger partial charge in [-0.1, -0.05) is 19.3 Å². The molecule has 0 aliphatic heterocycles. The highest BCUT2D eigenvalue weighted by Gasteiger charge is 2.29. The molecule has 0 aromatic carbocycles. The summed E-state index contributed by atoms with van der Waals surface area (Å²) in [7, 11) is 0. The summed E-state index contributed by atoms with van der Waals surface area (Å²) in [6.07, 6.45) is 1.36. The van der Waals surface area contributed by atoms with Gasteiger partial charge in [0.1, 0.15) is 6.54 Å². The van der Waals surface area contributed by atoms with Crippen molar-refractivity contribution in [3.8, 4) is 0 Å². The van der Waals surface area contributed by atoms with Crippen molar-refractivity contribution in [2.45, 2.75) is 55.7 Å². The lowest BCUT2D eigenvalue weighted by Crippen LogP contribution is -2.38. The summed E-state index contributed by atoms with van der Waals surface area (Å²) in [6.45, 7) is 0.437. The van der Waals surface area contributed by atoms with Crippen LogP contribution in [0.25, 0.3) is 0 Å². The van der Waals surface area contributed by atoms with Gasteiger partial charge >= 0.3 is 6.18 Å². The van der Waals surface area contributed by atoms with Crippen LogP contribution in [0.4, 0.5) is 13.2 Å². The molecule has 1 fully saturated rings. The standard InChI is InChI=1S/C11H18F3NOS/c1-8(10(16)15-7-11(12,13)14)17-9-5-3-2-4-6-9/h8-9H,2-7H2,1H3,(H,15,16). The summed E-state index contributed by atoms with van der Waals surface area (Å²) in [5, 5.41) is 1.95. The maximum Gasteiger partial charge on any atom is 0.405 e. The second-order valence-electron chi connectivity index (χ2n) is 4.37.